The van der Waals surface area contributed by atoms with Crippen LogP contribution in [0.25, 0.3) is 0 Å². The van der Waals surface area contributed by atoms with Gasteiger partial charge in [-0.3, -0.25) is 0 Å². The number of alkyl halides is 3. The van der Waals surface area contributed by atoms with E-state index in [-0.39, 0.29) is 16.6 Å². The van der Waals surface area contributed by atoms with Crippen molar-refractivity contribution in [2.24, 2.45) is 0 Å². The van der Waals surface area contributed by atoms with Gasteiger partial charge in [-0.1, -0.05) is 26.0 Å². The Labute approximate surface area is 105 Å². The van der Waals surface area contributed by atoms with Gasteiger partial charge in [-0.2, -0.15) is 13.2 Å². The quantitative estimate of drug-likeness (QED) is 0.717. The Morgan fingerprint density at radius 2 is 1.72 bits per heavy atom. The highest BCUT2D eigenvalue weighted by molar-refractivity contribution is 5.64. The number of anilines is 1. The minimum absolute atomic E-state index is 0.242. The van der Waals surface area contributed by atoms with Crippen LogP contribution in [-0.2, 0) is 11.6 Å². The van der Waals surface area contributed by atoms with Crippen LogP contribution in [0.15, 0.2) is 18.2 Å². The Balaban J connectivity index is 2.66. The second-order valence-corrected chi connectivity index (χ2v) is 6.30. The summed E-state index contributed by atoms with van der Waals surface area (Å²) in [6.07, 6.45) is -3.52. The fourth-order valence-corrected chi connectivity index (χ4v) is 3.07. The third-order valence-electron chi connectivity index (χ3n) is 3.45. The zero-order chi connectivity index (χ0) is 13.8. The molecule has 1 aromatic rings. The van der Waals surface area contributed by atoms with Gasteiger partial charge in [0.25, 0.3) is 0 Å². The van der Waals surface area contributed by atoms with Crippen LogP contribution in [-0.4, -0.2) is 5.54 Å². The van der Waals surface area contributed by atoms with Gasteiger partial charge in [-0.05, 0) is 37.3 Å². The molecule has 1 aliphatic rings. The molecule has 100 valence electrons. The second kappa shape index (κ2) is 3.65. The summed E-state index contributed by atoms with van der Waals surface area (Å²) in [4.78, 5) is 0. The highest BCUT2D eigenvalue weighted by Crippen LogP contribution is 2.47. The third-order valence-corrected chi connectivity index (χ3v) is 3.45. The number of halogens is 3. The summed E-state index contributed by atoms with van der Waals surface area (Å²) in [6, 6.07) is 4.42. The molecule has 0 saturated heterocycles. The molecule has 0 amide bonds. The fourth-order valence-electron chi connectivity index (χ4n) is 3.07. The van der Waals surface area contributed by atoms with Crippen molar-refractivity contribution in [1.29, 1.82) is 0 Å². The molecule has 1 heterocycles. The first-order chi connectivity index (χ1) is 8.03. The van der Waals surface area contributed by atoms with Crippen LogP contribution in [0.5, 0.6) is 0 Å². The lowest BCUT2D eigenvalue weighted by Crippen LogP contribution is -2.44. The second-order valence-electron chi connectivity index (χ2n) is 6.30. The molecule has 0 unspecified atom stereocenters. The summed E-state index contributed by atoms with van der Waals surface area (Å²) < 4.78 is 39.1. The van der Waals surface area contributed by atoms with Gasteiger partial charge in [0.15, 0.2) is 0 Å². The molecule has 18 heavy (non-hydrogen) atoms. The Hall–Kier alpha value is -1.19. The van der Waals surface area contributed by atoms with Crippen molar-refractivity contribution >= 4 is 5.69 Å². The highest BCUT2D eigenvalue weighted by atomic mass is 19.4. The lowest BCUT2D eigenvalue weighted by Gasteiger charge is -2.44. The van der Waals surface area contributed by atoms with Crippen LogP contribution in [0, 0.1) is 0 Å². The summed E-state index contributed by atoms with van der Waals surface area (Å²) in [6.45, 7) is 7.86. The SMILES string of the molecule is CC1(C)CC(C)(C)c2cccc(C(F)(F)F)c2N1. The first kappa shape index (κ1) is 13.2. The molecule has 0 spiro atoms. The predicted molar refractivity (Wildman–Crippen MR) is 66.8 cm³/mol. The van der Waals surface area contributed by atoms with Crippen molar-refractivity contribution in [3.8, 4) is 0 Å². The largest absolute Gasteiger partial charge is 0.418 e. The molecule has 2 rings (SSSR count). The molecular weight excluding hydrogens is 239 g/mol. The van der Waals surface area contributed by atoms with Crippen LogP contribution in [0.2, 0.25) is 0 Å². The van der Waals surface area contributed by atoms with E-state index in [1.807, 2.05) is 27.7 Å². The Morgan fingerprint density at radius 1 is 1.11 bits per heavy atom. The number of fused-ring (bicyclic) bond motifs is 1. The molecule has 0 atom stereocenters. The number of hydrogen-bond acceptors (Lipinski definition) is 1. The standard InChI is InChI=1S/C14H18F3N/c1-12(2)8-13(3,4)18-11-9(12)6-5-7-10(11)14(15,16)17/h5-7,18H,8H2,1-4H3. The van der Waals surface area contributed by atoms with E-state index in [1.165, 1.54) is 6.07 Å². The number of hydrogen-bond donors (Lipinski definition) is 1. The topological polar surface area (TPSA) is 12.0 Å². The molecule has 4 heteroatoms. The van der Waals surface area contributed by atoms with Crippen molar-refractivity contribution in [3.05, 3.63) is 29.3 Å². The first-order valence-corrected chi connectivity index (χ1v) is 6.02. The predicted octanol–water partition coefficient (Wildman–Crippen LogP) is 4.58. The smallest absolute Gasteiger partial charge is 0.379 e. The van der Waals surface area contributed by atoms with Crippen LogP contribution in [0.3, 0.4) is 0 Å². The molecular formula is C14H18F3N. The maximum Gasteiger partial charge on any atom is 0.418 e. The number of benzene rings is 1. The summed E-state index contributed by atoms with van der Waals surface area (Å²) >= 11 is 0. The minimum Gasteiger partial charge on any atom is -0.379 e. The molecule has 0 saturated carbocycles. The molecule has 0 bridgehead atoms. The van der Waals surface area contributed by atoms with Gasteiger partial charge < -0.3 is 5.32 Å². The van der Waals surface area contributed by atoms with Crippen molar-refractivity contribution in [2.45, 2.75) is 51.2 Å². The van der Waals surface area contributed by atoms with Gasteiger partial charge in [-0.15, -0.1) is 0 Å². The van der Waals surface area contributed by atoms with Crippen LogP contribution in [0.1, 0.15) is 45.2 Å². The highest BCUT2D eigenvalue weighted by Gasteiger charge is 2.42. The summed E-state index contributed by atoms with van der Waals surface area (Å²) in [5, 5.41) is 3.05. The van der Waals surface area contributed by atoms with Crippen LogP contribution in [0.4, 0.5) is 18.9 Å². The molecule has 1 nitrogen and oxygen atoms in total. The van der Waals surface area contributed by atoms with E-state index in [0.717, 1.165) is 18.1 Å². The first-order valence-electron chi connectivity index (χ1n) is 6.02. The van der Waals surface area contributed by atoms with E-state index in [0.29, 0.717) is 0 Å². The van der Waals surface area contributed by atoms with Crippen molar-refractivity contribution in [3.63, 3.8) is 0 Å². The van der Waals surface area contributed by atoms with Gasteiger partial charge in [-0.25, -0.2) is 0 Å². The number of para-hydroxylation sites is 1. The number of nitrogens with one attached hydrogen (secondary N) is 1. The monoisotopic (exact) mass is 257 g/mol. The molecule has 1 aliphatic heterocycles. The molecule has 0 aliphatic carbocycles. The van der Waals surface area contributed by atoms with E-state index in [4.69, 9.17) is 0 Å². The van der Waals surface area contributed by atoms with E-state index in [9.17, 15) is 13.2 Å². The van der Waals surface area contributed by atoms with Crippen LogP contribution < -0.4 is 5.32 Å². The Bertz CT molecular complexity index is 458. The average Bonchev–Trinajstić information content (AvgIpc) is 2.11. The molecule has 1 N–H and O–H groups in total. The van der Waals surface area contributed by atoms with Crippen molar-refractivity contribution in [2.75, 3.05) is 5.32 Å². The van der Waals surface area contributed by atoms with Gasteiger partial charge in [0.2, 0.25) is 0 Å². The zero-order valence-corrected chi connectivity index (χ0v) is 11.1. The molecule has 0 radical (unpaired) electrons. The Kier molecular flexibility index (Phi) is 2.69. The maximum atomic E-state index is 13.0. The van der Waals surface area contributed by atoms with Gasteiger partial charge in [0.05, 0.1) is 11.3 Å². The maximum absolute atomic E-state index is 13.0. The lowest BCUT2D eigenvalue weighted by molar-refractivity contribution is -0.137. The van der Waals surface area contributed by atoms with Gasteiger partial charge in [0, 0.05) is 5.54 Å². The average molecular weight is 257 g/mol. The van der Waals surface area contributed by atoms with Crippen molar-refractivity contribution < 1.29 is 13.2 Å². The van der Waals surface area contributed by atoms with Gasteiger partial charge >= 0.3 is 6.18 Å². The minimum atomic E-state index is -4.32. The van der Waals surface area contributed by atoms with E-state index < -0.39 is 11.7 Å². The van der Waals surface area contributed by atoms with E-state index in [1.54, 1.807) is 6.07 Å². The van der Waals surface area contributed by atoms with E-state index in [2.05, 4.69) is 5.32 Å². The van der Waals surface area contributed by atoms with Crippen LogP contribution >= 0.6 is 0 Å². The lowest BCUT2D eigenvalue weighted by atomic mass is 9.70. The zero-order valence-electron chi connectivity index (χ0n) is 11.1. The third kappa shape index (κ3) is 2.20. The normalized spacial score (nSPS) is 21.1. The molecule has 1 aromatic carbocycles. The van der Waals surface area contributed by atoms with E-state index >= 15 is 0 Å². The summed E-state index contributed by atoms with van der Waals surface area (Å²) in [7, 11) is 0. The fraction of sp³-hybridized carbons (Fsp3) is 0.571. The Morgan fingerprint density at radius 3 is 2.28 bits per heavy atom. The van der Waals surface area contributed by atoms with Gasteiger partial charge in [0.1, 0.15) is 0 Å². The van der Waals surface area contributed by atoms with Crippen molar-refractivity contribution in [1.82, 2.24) is 0 Å². The molecule has 0 fully saturated rings. The number of rotatable bonds is 0. The summed E-state index contributed by atoms with van der Waals surface area (Å²) in [5.41, 5.74) is -0.174. The molecule has 0 aromatic heterocycles. The summed E-state index contributed by atoms with van der Waals surface area (Å²) in [5.74, 6) is 0.